The molecule has 4 aromatic rings. The zero-order valence-corrected chi connectivity index (χ0v) is 21.7. The van der Waals surface area contributed by atoms with Gasteiger partial charge in [-0.1, -0.05) is 35.9 Å². The van der Waals surface area contributed by atoms with Gasteiger partial charge < -0.3 is 10.4 Å². The van der Waals surface area contributed by atoms with Crippen LogP contribution < -0.4 is 5.32 Å². The molecule has 206 valence electrons. The molecule has 5 nitrogen and oxygen atoms in total. The maximum absolute atomic E-state index is 14.9. The molecule has 0 aliphatic rings. The van der Waals surface area contributed by atoms with Crippen LogP contribution in [0.1, 0.15) is 40.9 Å². The minimum absolute atomic E-state index is 0.0825. The zero-order valence-electron chi connectivity index (χ0n) is 20.9. The van der Waals surface area contributed by atoms with Gasteiger partial charge in [0.05, 0.1) is 5.56 Å². The Hall–Kier alpha value is -4.24. The maximum Gasteiger partial charge on any atom is 0.416 e. The quantitative estimate of drug-likeness (QED) is 0.148. The minimum Gasteiger partial charge on any atom is -0.481 e. The fraction of sp³-hybridized carbons (Fsp3) is 0.167. The summed E-state index contributed by atoms with van der Waals surface area (Å²) in [6, 6.07) is 17.3. The highest BCUT2D eigenvalue weighted by atomic mass is 35.5. The number of ketones is 1. The Bertz CT molecular complexity index is 1520. The van der Waals surface area contributed by atoms with E-state index in [0.717, 1.165) is 23.3 Å². The summed E-state index contributed by atoms with van der Waals surface area (Å²) in [5.74, 6) is -1.80. The molecule has 0 atom stereocenters. The molecule has 0 aliphatic carbocycles. The second kappa shape index (κ2) is 12.3. The largest absolute Gasteiger partial charge is 0.481 e. The molecule has 0 fully saturated rings. The monoisotopic (exact) mass is 570 g/mol. The number of halogens is 5. The zero-order chi connectivity index (χ0) is 28.9. The Labute approximate surface area is 232 Å². The lowest BCUT2D eigenvalue weighted by molar-refractivity contribution is -0.138. The van der Waals surface area contributed by atoms with Crippen LogP contribution in [0.15, 0.2) is 79.0 Å². The third kappa shape index (κ3) is 7.24. The summed E-state index contributed by atoms with van der Waals surface area (Å²) >= 11 is 6.22. The van der Waals surface area contributed by atoms with Gasteiger partial charge >= 0.3 is 12.1 Å². The van der Waals surface area contributed by atoms with Crippen LogP contribution in [0, 0.1) is 5.82 Å². The fourth-order valence-corrected chi connectivity index (χ4v) is 4.29. The van der Waals surface area contributed by atoms with Crippen LogP contribution >= 0.6 is 11.6 Å². The average molecular weight is 571 g/mol. The van der Waals surface area contributed by atoms with Gasteiger partial charge in [-0.15, -0.1) is 0 Å². The van der Waals surface area contributed by atoms with Crippen molar-refractivity contribution in [3.05, 3.63) is 107 Å². The number of nitrogens with one attached hydrogen (secondary N) is 1. The van der Waals surface area contributed by atoms with Gasteiger partial charge in [-0.05, 0) is 71.6 Å². The molecule has 0 aliphatic heterocycles. The standard InChI is InChI=1S/C30H23ClF4N2O3/c31-22-10-6-19(25(14-22)20-7-13-27(37-17-20)28(38)2-1-3-29(39)40)16-36-23-11-12-24(26(32)15-23)18-4-8-21(9-5-18)30(33,34)35/h4-15,17,36H,1-3,16H2,(H,39,40). The summed E-state index contributed by atoms with van der Waals surface area (Å²) < 4.78 is 53.4. The van der Waals surface area contributed by atoms with E-state index >= 15 is 0 Å². The molecule has 0 amide bonds. The summed E-state index contributed by atoms with van der Waals surface area (Å²) in [4.78, 5) is 27.2. The Kier molecular flexibility index (Phi) is 8.84. The van der Waals surface area contributed by atoms with Crippen molar-refractivity contribution >= 4 is 29.0 Å². The molecule has 10 heteroatoms. The van der Waals surface area contributed by atoms with Gasteiger partial charge in [0, 0.05) is 47.4 Å². The van der Waals surface area contributed by atoms with Crippen molar-refractivity contribution in [2.24, 2.45) is 0 Å². The van der Waals surface area contributed by atoms with Crippen LogP contribution in [0.2, 0.25) is 5.02 Å². The van der Waals surface area contributed by atoms with E-state index in [4.69, 9.17) is 16.7 Å². The van der Waals surface area contributed by atoms with E-state index in [0.29, 0.717) is 28.4 Å². The van der Waals surface area contributed by atoms with E-state index in [1.54, 1.807) is 30.3 Å². The number of rotatable bonds is 10. The van der Waals surface area contributed by atoms with Crippen molar-refractivity contribution in [2.45, 2.75) is 32.0 Å². The van der Waals surface area contributed by atoms with E-state index in [9.17, 15) is 27.2 Å². The first-order valence-corrected chi connectivity index (χ1v) is 12.6. The van der Waals surface area contributed by atoms with Crippen molar-refractivity contribution in [3.63, 3.8) is 0 Å². The summed E-state index contributed by atoms with van der Waals surface area (Å²) in [7, 11) is 0. The van der Waals surface area contributed by atoms with Crippen molar-refractivity contribution < 1.29 is 32.3 Å². The van der Waals surface area contributed by atoms with Gasteiger partial charge in [0.25, 0.3) is 0 Å². The lowest BCUT2D eigenvalue weighted by Gasteiger charge is -2.14. The first-order chi connectivity index (χ1) is 19.0. The number of aromatic nitrogens is 1. The van der Waals surface area contributed by atoms with E-state index in [1.807, 2.05) is 6.07 Å². The van der Waals surface area contributed by atoms with Crippen LogP contribution in [-0.4, -0.2) is 21.8 Å². The summed E-state index contributed by atoms with van der Waals surface area (Å²) in [5, 5.41) is 12.4. The number of carbonyl (C=O) groups excluding carboxylic acids is 1. The van der Waals surface area contributed by atoms with Crippen molar-refractivity contribution in [1.29, 1.82) is 0 Å². The molecular formula is C30H23ClF4N2O3. The first-order valence-electron chi connectivity index (χ1n) is 12.2. The summed E-state index contributed by atoms with van der Waals surface area (Å²) in [5.41, 5.74) is 2.67. The van der Waals surface area contributed by atoms with Gasteiger partial charge in [0.2, 0.25) is 0 Å². The average Bonchev–Trinajstić information content (AvgIpc) is 2.92. The SMILES string of the molecule is O=C(O)CCCC(=O)c1ccc(-c2cc(Cl)ccc2CNc2ccc(-c3ccc(C(F)(F)F)cc3)c(F)c2)cn1. The lowest BCUT2D eigenvalue weighted by Crippen LogP contribution is -2.05. The summed E-state index contributed by atoms with van der Waals surface area (Å²) in [6.45, 7) is 0.293. The Morgan fingerprint density at radius 1 is 0.875 bits per heavy atom. The van der Waals surface area contributed by atoms with Crippen LogP contribution in [-0.2, 0) is 17.5 Å². The van der Waals surface area contributed by atoms with Gasteiger partial charge in [-0.2, -0.15) is 13.2 Å². The van der Waals surface area contributed by atoms with E-state index in [2.05, 4.69) is 10.3 Å². The van der Waals surface area contributed by atoms with Crippen LogP contribution in [0.25, 0.3) is 22.3 Å². The van der Waals surface area contributed by atoms with Gasteiger partial charge in [-0.25, -0.2) is 4.39 Å². The van der Waals surface area contributed by atoms with Crippen molar-refractivity contribution in [1.82, 2.24) is 4.98 Å². The number of hydrogen-bond acceptors (Lipinski definition) is 4. The number of Topliss-reactive ketones (excluding diaryl/α,β-unsaturated/α-hetero) is 1. The van der Waals surface area contributed by atoms with Gasteiger partial charge in [0.15, 0.2) is 5.78 Å². The second-order valence-corrected chi connectivity index (χ2v) is 9.46. The Balaban J connectivity index is 1.47. The number of carboxylic acids is 1. The predicted molar refractivity (Wildman–Crippen MR) is 145 cm³/mol. The number of benzene rings is 3. The number of aliphatic carboxylic acids is 1. The normalized spacial score (nSPS) is 11.3. The number of hydrogen-bond donors (Lipinski definition) is 2. The fourth-order valence-electron chi connectivity index (χ4n) is 4.11. The highest BCUT2D eigenvalue weighted by Crippen LogP contribution is 2.33. The Morgan fingerprint density at radius 3 is 2.23 bits per heavy atom. The van der Waals surface area contributed by atoms with Crippen LogP contribution in [0.3, 0.4) is 0 Å². The molecule has 40 heavy (non-hydrogen) atoms. The third-order valence-corrected chi connectivity index (χ3v) is 6.44. The number of pyridine rings is 1. The summed E-state index contributed by atoms with van der Waals surface area (Å²) in [6.07, 6.45) is -2.71. The molecular weight excluding hydrogens is 548 g/mol. The third-order valence-electron chi connectivity index (χ3n) is 6.20. The lowest BCUT2D eigenvalue weighted by atomic mass is 10.00. The predicted octanol–water partition coefficient (Wildman–Crippen LogP) is 8.28. The maximum atomic E-state index is 14.9. The molecule has 4 rings (SSSR count). The highest BCUT2D eigenvalue weighted by Gasteiger charge is 2.30. The molecule has 0 saturated carbocycles. The molecule has 0 saturated heterocycles. The Morgan fingerprint density at radius 2 is 1.60 bits per heavy atom. The van der Waals surface area contributed by atoms with Crippen LogP contribution in [0.5, 0.6) is 0 Å². The number of alkyl halides is 3. The molecule has 0 spiro atoms. The molecule has 2 N–H and O–H groups in total. The molecule has 1 heterocycles. The molecule has 3 aromatic carbocycles. The molecule has 0 unspecified atom stereocenters. The second-order valence-electron chi connectivity index (χ2n) is 9.03. The van der Waals surface area contributed by atoms with Crippen molar-refractivity contribution in [2.75, 3.05) is 5.32 Å². The minimum atomic E-state index is -4.47. The number of nitrogens with zero attached hydrogens (tertiary/aromatic N) is 1. The smallest absolute Gasteiger partial charge is 0.416 e. The van der Waals surface area contributed by atoms with Gasteiger partial charge in [-0.3, -0.25) is 14.6 Å². The van der Waals surface area contributed by atoms with E-state index < -0.39 is 23.5 Å². The number of carbonyl (C=O) groups is 2. The molecule has 1 aromatic heterocycles. The van der Waals surface area contributed by atoms with Crippen LogP contribution in [0.4, 0.5) is 23.2 Å². The first kappa shape index (κ1) is 28.8. The van der Waals surface area contributed by atoms with Crippen molar-refractivity contribution in [3.8, 4) is 22.3 Å². The molecule has 0 bridgehead atoms. The molecule has 0 radical (unpaired) electrons. The van der Waals surface area contributed by atoms with E-state index in [1.165, 1.54) is 30.5 Å². The van der Waals surface area contributed by atoms with E-state index in [-0.39, 0.29) is 36.3 Å². The number of carboxylic acid groups (broad SMARTS) is 1. The van der Waals surface area contributed by atoms with Gasteiger partial charge in [0.1, 0.15) is 11.5 Å². The highest BCUT2D eigenvalue weighted by molar-refractivity contribution is 6.30. The topological polar surface area (TPSA) is 79.3 Å². The number of anilines is 1.